The standard InChI is InChI=1S/C15H19F3N2O2S/c16-15(17,18)12-9-11(5-6-14(12)23(19,21)22)20-8-7-10-3-1-2-4-13(10)20/h5-6,9-10,13H,1-4,7-8H2,(H2,19,21,22)/t10-,13-/m0/s1. The normalized spacial score (nSPS) is 25.5. The number of rotatable bonds is 2. The Kier molecular flexibility index (Phi) is 4.08. The van der Waals surface area contributed by atoms with Gasteiger partial charge in [-0.2, -0.15) is 13.2 Å². The number of anilines is 1. The van der Waals surface area contributed by atoms with Crippen molar-refractivity contribution in [1.29, 1.82) is 0 Å². The van der Waals surface area contributed by atoms with Gasteiger partial charge in [-0.3, -0.25) is 0 Å². The molecule has 1 heterocycles. The molecule has 1 aliphatic carbocycles. The van der Waals surface area contributed by atoms with Crippen LogP contribution in [0.25, 0.3) is 0 Å². The zero-order valence-electron chi connectivity index (χ0n) is 12.5. The summed E-state index contributed by atoms with van der Waals surface area (Å²) in [5.41, 5.74) is -0.754. The average Bonchev–Trinajstić information content (AvgIpc) is 2.88. The number of nitrogens with two attached hydrogens (primary N) is 1. The predicted molar refractivity (Wildman–Crippen MR) is 80.5 cm³/mol. The quantitative estimate of drug-likeness (QED) is 0.893. The van der Waals surface area contributed by atoms with Crippen LogP contribution < -0.4 is 10.0 Å². The molecule has 0 radical (unpaired) electrons. The van der Waals surface area contributed by atoms with Gasteiger partial charge in [-0.25, -0.2) is 13.6 Å². The predicted octanol–water partition coefficient (Wildman–Crippen LogP) is 3.12. The summed E-state index contributed by atoms with van der Waals surface area (Å²) in [5, 5.41) is 4.92. The van der Waals surface area contributed by atoms with E-state index < -0.39 is 26.7 Å². The van der Waals surface area contributed by atoms with Crippen molar-refractivity contribution >= 4 is 15.7 Å². The molecule has 3 rings (SSSR count). The second kappa shape index (κ2) is 5.66. The molecule has 1 aromatic carbocycles. The molecule has 2 N–H and O–H groups in total. The third kappa shape index (κ3) is 3.19. The Morgan fingerprint density at radius 1 is 1.13 bits per heavy atom. The highest BCUT2D eigenvalue weighted by Crippen LogP contribution is 2.41. The molecule has 1 aromatic rings. The molecule has 0 unspecified atom stereocenters. The van der Waals surface area contributed by atoms with Crippen LogP contribution in [0.5, 0.6) is 0 Å². The Hall–Kier alpha value is -1.28. The van der Waals surface area contributed by atoms with Crippen LogP contribution >= 0.6 is 0 Å². The molecule has 1 aliphatic heterocycles. The van der Waals surface area contributed by atoms with Crippen molar-refractivity contribution in [3.05, 3.63) is 23.8 Å². The minimum Gasteiger partial charge on any atom is -0.368 e. The van der Waals surface area contributed by atoms with Crippen LogP contribution in [0.3, 0.4) is 0 Å². The average molecular weight is 348 g/mol. The van der Waals surface area contributed by atoms with Crippen molar-refractivity contribution < 1.29 is 21.6 Å². The maximum atomic E-state index is 13.2. The molecule has 0 aromatic heterocycles. The number of hydrogen-bond donors (Lipinski definition) is 1. The number of fused-ring (bicyclic) bond motifs is 1. The lowest BCUT2D eigenvalue weighted by molar-refractivity contribution is -0.139. The van der Waals surface area contributed by atoms with Gasteiger partial charge in [0.2, 0.25) is 10.0 Å². The third-order valence-electron chi connectivity index (χ3n) is 4.92. The molecule has 2 atom stereocenters. The third-order valence-corrected chi connectivity index (χ3v) is 5.89. The minimum absolute atomic E-state index is 0.255. The van der Waals surface area contributed by atoms with E-state index in [0.29, 0.717) is 18.2 Å². The van der Waals surface area contributed by atoms with Crippen LogP contribution in [0.15, 0.2) is 23.1 Å². The number of sulfonamides is 1. The summed E-state index contributed by atoms with van der Waals surface area (Å²) in [5.74, 6) is 0.524. The molecule has 2 aliphatic rings. The monoisotopic (exact) mass is 348 g/mol. The van der Waals surface area contributed by atoms with E-state index in [4.69, 9.17) is 5.14 Å². The Balaban J connectivity index is 2.02. The molecule has 0 spiro atoms. The zero-order valence-corrected chi connectivity index (χ0v) is 13.3. The second-order valence-corrected chi connectivity index (χ2v) is 7.85. The lowest BCUT2D eigenvalue weighted by Crippen LogP contribution is -2.35. The van der Waals surface area contributed by atoms with E-state index >= 15 is 0 Å². The van der Waals surface area contributed by atoms with Crippen LogP contribution in [0, 0.1) is 5.92 Å². The highest BCUT2D eigenvalue weighted by molar-refractivity contribution is 7.89. The number of hydrogen-bond acceptors (Lipinski definition) is 3. The van der Waals surface area contributed by atoms with Gasteiger partial charge in [-0.05, 0) is 43.4 Å². The molecule has 8 heteroatoms. The zero-order chi connectivity index (χ0) is 16.8. The fourth-order valence-electron chi connectivity index (χ4n) is 3.89. The first-order valence-electron chi connectivity index (χ1n) is 7.68. The SMILES string of the molecule is NS(=O)(=O)c1ccc(N2CC[C@@H]3CCCC[C@@H]32)cc1C(F)(F)F. The lowest BCUT2D eigenvalue weighted by atomic mass is 9.85. The first kappa shape index (κ1) is 16.6. The molecule has 2 fully saturated rings. The second-order valence-electron chi connectivity index (χ2n) is 6.32. The van der Waals surface area contributed by atoms with Crippen LogP contribution in [0.2, 0.25) is 0 Å². The maximum absolute atomic E-state index is 13.2. The first-order chi connectivity index (χ1) is 10.7. The van der Waals surface area contributed by atoms with E-state index in [0.717, 1.165) is 37.8 Å². The van der Waals surface area contributed by atoms with Gasteiger partial charge in [0.1, 0.15) is 0 Å². The lowest BCUT2D eigenvalue weighted by Gasteiger charge is -2.33. The summed E-state index contributed by atoms with van der Waals surface area (Å²) in [4.78, 5) is 1.12. The molecule has 0 bridgehead atoms. The summed E-state index contributed by atoms with van der Waals surface area (Å²) in [6.07, 6.45) is 0.560. The van der Waals surface area contributed by atoms with Gasteiger partial charge < -0.3 is 4.90 Å². The van der Waals surface area contributed by atoms with Crippen LogP contribution in [0.1, 0.15) is 37.7 Å². The van der Waals surface area contributed by atoms with Gasteiger partial charge in [0, 0.05) is 18.3 Å². The van der Waals surface area contributed by atoms with Gasteiger partial charge in [-0.1, -0.05) is 12.8 Å². The van der Waals surface area contributed by atoms with Gasteiger partial charge in [0.15, 0.2) is 0 Å². The van der Waals surface area contributed by atoms with Crippen molar-refractivity contribution in [2.75, 3.05) is 11.4 Å². The van der Waals surface area contributed by atoms with E-state index in [1.807, 2.05) is 4.90 Å². The van der Waals surface area contributed by atoms with Crippen LogP contribution in [-0.4, -0.2) is 21.0 Å². The van der Waals surface area contributed by atoms with Crippen molar-refractivity contribution in [3.8, 4) is 0 Å². The van der Waals surface area contributed by atoms with E-state index in [1.165, 1.54) is 12.5 Å². The van der Waals surface area contributed by atoms with E-state index in [1.54, 1.807) is 0 Å². The van der Waals surface area contributed by atoms with Gasteiger partial charge in [0.05, 0.1) is 10.5 Å². The Morgan fingerprint density at radius 3 is 2.48 bits per heavy atom. The fourth-order valence-corrected chi connectivity index (χ4v) is 4.63. The number of benzene rings is 1. The van der Waals surface area contributed by atoms with Crippen molar-refractivity contribution in [2.24, 2.45) is 11.1 Å². The minimum atomic E-state index is -4.76. The van der Waals surface area contributed by atoms with Crippen molar-refractivity contribution in [1.82, 2.24) is 0 Å². The van der Waals surface area contributed by atoms with Gasteiger partial charge >= 0.3 is 6.18 Å². The van der Waals surface area contributed by atoms with Crippen LogP contribution in [-0.2, 0) is 16.2 Å². The Bertz CT molecular complexity index is 703. The first-order valence-corrected chi connectivity index (χ1v) is 9.23. The molecule has 23 heavy (non-hydrogen) atoms. The number of halogens is 3. The highest BCUT2D eigenvalue weighted by atomic mass is 32.2. The molecule has 4 nitrogen and oxygen atoms in total. The van der Waals surface area contributed by atoms with Crippen LogP contribution in [0.4, 0.5) is 18.9 Å². The molecular weight excluding hydrogens is 329 g/mol. The molecule has 128 valence electrons. The molecule has 1 saturated heterocycles. The highest BCUT2D eigenvalue weighted by Gasteiger charge is 2.39. The van der Waals surface area contributed by atoms with Gasteiger partial charge in [-0.15, -0.1) is 0 Å². The smallest absolute Gasteiger partial charge is 0.368 e. The summed E-state index contributed by atoms with van der Waals surface area (Å²) in [6.45, 7) is 0.710. The summed E-state index contributed by atoms with van der Waals surface area (Å²) >= 11 is 0. The van der Waals surface area contributed by atoms with E-state index in [9.17, 15) is 21.6 Å². The Morgan fingerprint density at radius 2 is 1.83 bits per heavy atom. The summed E-state index contributed by atoms with van der Waals surface area (Å²) in [7, 11) is -4.42. The fraction of sp³-hybridized carbons (Fsp3) is 0.600. The number of nitrogens with zero attached hydrogens (tertiary/aromatic N) is 1. The largest absolute Gasteiger partial charge is 0.417 e. The van der Waals surface area contributed by atoms with E-state index in [-0.39, 0.29) is 6.04 Å². The summed E-state index contributed by atoms with van der Waals surface area (Å²) < 4.78 is 62.6. The molecule has 0 amide bonds. The number of primary sulfonamides is 1. The summed E-state index contributed by atoms with van der Waals surface area (Å²) in [6, 6.07) is 3.59. The topological polar surface area (TPSA) is 63.4 Å². The van der Waals surface area contributed by atoms with Gasteiger partial charge in [0.25, 0.3) is 0 Å². The molecule has 1 saturated carbocycles. The number of alkyl halides is 3. The molecular formula is C15H19F3N2O2S. The van der Waals surface area contributed by atoms with E-state index in [2.05, 4.69) is 0 Å². The van der Waals surface area contributed by atoms with Crippen molar-refractivity contribution in [2.45, 2.75) is 49.2 Å². The van der Waals surface area contributed by atoms with Crippen molar-refractivity contribution in [3.63, 3.8) is 0 Å². The Labute approximate surface area is 133 Å². The maximum Gasteiger partial charge on any atom is 0.417 e.